The largest absolute Gasteiger partial charge is 0.294 e. The summed E-state index contributed by atoms with van der Waals surface area (Å²) in [6.07, 6.45) is 1.60. The monoisotopic (exact) mass is 280 g/mol. The third-order valence-corrected chi connectivity index (χ3v) is 3.37. The number of benzene rings is 1. The van der Waals surface area contributed by atoms with Crippen molar-refractivity contribution in [2.45, 2.75) is 0 Å². The number of nitrogens with zero attached hydrogens (tertiary/aromatic N) is 2. The van der Waals surface area contributed by atoms with Crippen LogP contribution in [0.25, 0.3) is 6.08 Å². The summed E-state index contributed by atoms with van der Waals surface area (Å²) in [4.78, 5) is 27.0. The van der Waals surface area contributed by atoms with Crippen molar-refractivity contribution in [3.63, 3.8) is 0 Å². The van der Waals surface area contributed by atoms with Crippen LogP contribution in [0.3, 0.4) is 0 Å². The van der Waals surface area contributed by atoms with E-state index in [1.54, 1.807) is 37.2 Å². The number of carbonyl (C=O) groups is 2. The van der Waals surface area contributed by atoms with Gasteiger partial charge in [0, 0.05) is 0 Å². The minimum atomic E-state index is -0.335. The lowest BCUT2D eigenvalue weighted by molar-refractivity contribution is -0.123. The Bertz CT molecular complexity index is 540. The van der Waals surface area contributed by atoms with Crippen LogP contribution in [0.5, 0.6) is 0 Å². The summed E-state index contributed by atoms with van der Waals surface area (Å²) in [6.45, 7) is 0.255. The first-order chi connectivity index (χ1) is 8.97. The van der Waals surface area contributed by atoms with E-state index in [9.17, 15) is 14.0 Å². The Balaban J connectivity index is 2.20. The molecular formula is C13H13FN2O2S. The van der Waals surface area contributed by atoms with Crippen molar-refractivity contribution in [2.75, 3.05) is 20.8 Å². The number of hydrogen-bond donors (Lipinski definition) is 0. The van der Waals surface area contributed by atoms with Gasteiger partial charge in [0.15, 0.2) is 0 Å². The third-order valence-electron chi connectivity index (χ3n) is 2.47. The zero-order valence-corrected chi connectivity index (χ0v) is 11.4. The average Bonchev–Trinajstić information content (AvgIpc) is 2.60. The topological polar surface area (TPSA) is 40.6 Å². The lowest BCUT2D eigenvalue weighted by Crippen LogP contribution is -2.36. The molecule has 100 valence electrons. The van der Waals surface area contributed by atoms with Crippen LogP contribution >= 0.6 is 11.8 Å². The van der Waals surface area contributed by atoms with E-state index in [4.69, 9.17) is 0 Å². The van der Waals surface area contributed by atoms with Crippen LogP contribution in [0.1, 0.15) is 5.56 Å². The average molecular weight is 280 g/mol. The second-order valence-corrected chi connectivity index (χ2v) is 5.38. The van der Waals surface area contributed by atoms with Gasteiger partial charge in [-0.15, -0.1) is 0 Å². The first-order valence-corrected chi connectivity index (χ1v) is 6.44. The summed E-state index contributed by atoms with van der Waals surface area (Å²) in [5, 5.41) is -0.285. The number of carbonyl (C=O) groups excluding carboxylic acids is 2. The molecule has 0 N–H and O–H groups in total. The maximum atomic E-state index is 12.8. The van der Waals surface area contributed by atoms with E-state index in [1.165, 1.54) is 17.0 Å². The molecule has 1 aliphatic rings. The van der Waals surface area contributed by atoms with Gasteiger partial charge in [-0.2, -0.15) is 0 Å². The normalized spacial score (nSPS) is 17.9. The lowest BCUT2D eigenvalue weighted by Gasteiger charge is -2.17. The van der Waals surface area contributed by atoms with Crippen LogP contribution < -0.4 is 0 Å². The maximum absolute atomic E-state index is 12.8. The highest BCUT2D eigenvalue weighted by molar-refractivity contribution is 8.18. The van der Waals surface area contributed by atoms with Crippen LogP contribution in [-0.2, 0) is 4.79 Å². The molecule has 1 heterocycles. The van der Waals surface area contributed by atoms with Crippen LogP contribution in [0.4, 0.5) is 9.18 Å². The summed E-state index contributed by atoms with van der Waals surface area (Å²) in [6, 6.07) is 5.76. The van der Waals surface area contributed by atoms with Crippen molar-refractivity contribution in [1.82, 2.24) is 9.80 Å². The predicted octanol–water partition coefficient (Wildman–Crippen LogP) is 2.38. The van der Waals surface area contributed by atoms with Crippen LogP contribution in [-0.4, -0.2) is 41.7 Å². The Morgan fingerprint density at radius 2 is 1.89 bits per heavy atom. The SMILES string of the molecule is CN(C)CN1C(=O)S/C(=C/c2ccc(F)cc2)C1=O. The molecule has 1 saturated heterocycles. The number of rotatable bonds is 3. The van der Waals surface area contributed by atoms with Crippen molar-refractivity contribution in [3.8, 4) is 0 Å². The standard InChI is InChI=1S/C13H13FN2O2S/c1-15(2)8-16-12(17)11(19-13(16)18)7-9-3-5-10(14)6-4-9/h3-7H,8H2,1-2H3/b11-7+. The Morgan fingerprint density at radius 3 is 2.47 bits per heavy atom. The van der Waals surface area contributed by atoms with Gasteiger partial charge in [0.2, 0.25) is 0 Å². The van der Waals surface area contributed by atoms with E-state index in [0.717, 1.165) is 11.8 Å². The molecule has 0 radical (unpaired) electrons. The van der Waals surface area contributed by atoms with E-state index in [2.05, 4.69) is 0 Å². The molecule has 1 aliphatic heterocycles. The van der Waals surface area contributed by atoms with Gasteiger partial charge in [0.1, 0.15) is 5.82 Å². The summed E-state index contributed by atoms with van der Waals surface area (Å²) < 4.78 is 12.8. The van der Waals surface area contributed by atoms with Crippen LogP contribution in [0, 0.1) is 5.82 Å². The third kappa shape index (κ3) is 3.21. The van der Waals surface area contributed by atoms with E-state index in [-0.39, 0.29) is 23.6 Å². The second kappa shape index (κ2) is 5.54. The molecule has 2 rings (SSSR count). The lowest BCUT2D eigenvalue weighted by atomic mass is 10.2. The molecule has 19 heavy (non-hydrogen) atoms. The van der Waals surface area contributed by atoms with Crippen molar-refractivity contribution in [3.05, 3.63) is 40.6 Å². The number of thioether (sulfide) groups is 1. The Kier molecular flexibility index (Phi) is 4.01. The van der Waals surface area contributed by atoms with Crippen molar-refractivity contribution >= 4 is 29.0 Å². The van der Waals surface area contributed by atoms with Crippen molar-refractivity contribution < 1.29 is 14.0 Å². The highest BCUT2D eigenvalue weighted by atomic mass is 32.2. The fourth-order valence-corrected chi connectivity index (χ4v) is 2.45. The second-order valence-electron chi connectivity index (χ2n) is 4.38. The summed E-state index contributed by atoms with van der Waals surface area (Å²) in [5.41, 5.74) is 0.691. The minimum absolute atomic E-state index is 0.255. The van der Waals surface area contributed by atoms with E-state index < -0.39 is 0 Å². The van der Waals surface area contributed by atoms with Gasteiger partial charge >= 0.3 is 0 Å². The number of hydrogen-bond acceptors (Lipinski definition) is 4. The van der Waals surface area contributed by atoms with Gasteiger partial charge in [-0.25, -0.2) is 4.39 Å². The summed E-state index contributed by atoms with van der Waals surface area (Å²) in [7, 11) is 3.57. The molecule has 4 nitrogen and oxygen atoms in total. The summed E-state index contributed by atoms with van der Waals surface area (Å²) in [5.74, 6) is -0.647. The summed E-state index contributed by atoms with van der Waals surface area (Å²) >= 11 is 0.901. The molecule has 1 aromatic rings. The van der Waals surface area contributed by atoms with Crippen LogP contribution in [0.2, 0.25) is 0 Å². The first-order valence-electron chi connectivity index (χ1n) is 5.63. The number of halogens is 1. The van der Waals surface area contributed by atoms with Gasteiger partial charge in [-0.05, 0) is 49.6 Å². The zero-order chi connectivity index (χ0) is 14.0. The van der Waals surface area contributed by atoms with Gasteiger partial charge in [-0.1, -0.05) is 12.1 Å². The highest BCUT2D eigenvalue weighted by Crippen LogP contribution is 2.32. The molecule has 1 aromatic carbocycles. The minimum Gasteiger partial charge on any atom is -0.292 e. The van der Waals surface area contributed by atoms with Gasteiger partial charge in [0.25, 0.3) is 11.1 Å². The molecular weight excluding hydrogens is 267 g/mol. The Labute approximate surface area is 114 Å². The molecule has 2 amide bonds. The molecule has 0 aromatic heterocycles. The smallest absolute Gasteiger partial charge is 0.292 e. The quantitative estimate of drug-likeness (QED) is 0.797. The molecule has 0 atom stereocenters. The molecule has 0 spiro atoms. The Morgan fingerprint density at radius 1 is 1.26 bits per heavy atom. The fraction of sp³-hybridized carbons (Fsp3) is 0.231. The molecule has 6 heteroatoms. The predicted molar refractivity (Wildman–Crippen MR) is 72.8 cm³/mol. The highest BCUT2D eigenvalue weighted by Gasteiger charge is 2.35. The number of amides is 2. The Hall–Kier alpha value is -1.66. The molecule has 0 unspecified atom stereocenters. The van der Waals surface area contributed by atoms with E-state index in [0.29, 0.717) is 10.5 Å². The van der Waals surface area contributed by atoms with E-state index >= 15 is 0 Å². The van der Waals surface area contributed by atoms with E-state index in [1.807, 2.05) is 0 Å². The maximum Gasteiger partial charge on any atom is 0.294 e. The first kappa shape index (κ1) is 13.8. The molecule has 0 saturated carbocycles. The fourth-order valence-electron chi connectivity index (χ4n) is 1.62. The zero-order valence-electron chi connectivity index (χ0n) is 10.6. The van der Waals surface area contributed by atoms with Crippen molar-refractivity contribution in [2.24, 2.45) is 0 Å². The molecule has 1 fully saturated rings. The molecule has 0 bridgehead atoms. The van der Waals surface area contributed by atoms with Crippen LogP contribution in [0.15, 0.2) is 29.2 Å². The molecule has 0 aliphatic carbocycles. The van der Waals surface area contributed by atoms with Gasteiger partial charge < -0.3 is 0 Å². The van der Waals surface area contributed by atoms with Gasteiger partial charge in [0.05, 0.1) is 11.6 Å². The van der Waals surface area contributed by atoms with Crippen molar-refractivity contribution in [1.29, 1.82) is 0 Å². The van der Waals surface area contributed by atoms with Gasteiger partial charge in [-0.3, -0.25) is 19.4 Å². The number of imide groups is 1.